The van der Waals surface area contributed by atoms with E-state index in [4.69, 9.17) is 0 Å². The molecule has 2 aromatic rings. The fourth-order valence-electron chi connectivity index (χ4n) is 2.83. The van der Waals surface area contributed by atoms with Crippen molar-refractivity contribution in [2.45, 2.75) is 20.3 Å². The van der Waals surface area contributed by atoms with Gasteiger partial charge in [0.15, 0.2) is 0 Å². The summed E-state index contributed by atoms with van der Waals surface area (Å²) in [7, 11) is 0. The molecule has 2 aromatic heterocycles. The second-order valence-electron chi connectivity index (χ2n) is 6.57. The first kappa shape index (κ1) is 17.1. The van der Waals surface area contributed by atoms with Crippen molar-refractivity contribution in [3.63, 3.8) is 0 Å². The van der Waals surface area contributed by atoms with Crippen molar-refractivity contribution in [1.29, 1.82) is 0 Å². The topological polar surface area (TPSA) is 74.2 Å². The number of amides is 1. The third-order valence-corrected chi connectivity index (χ3v) is 4.09. The Morgan fingerprint density at radius 1 is 1.08 bits per heavy atom. The molecule has 1 amide bonds. The molecule has 1 saturated heterocycles. The van der Waals surface area contributed by atoms with Gasteiger partial charge in [-0.3, -0.25) is 4.79 Å². The van der Waals surface area contributed by atoms with E-state index in [1.54, 1.807) is 12.4 Å². The van der Waals surface area contributed by atoms with Gasteiger partial charge in [0, 0.05) is 45.0 Å². The highest BCUT2D eigenvalue weighted by molar-refractivity contribution is 5.89. The Kier molecular flexibility index (Phi) is 5.42. The first-order valence-electron chi connectivity index (χ1n) is 8.64. The van der Waals surface area contributed by atoms with Gasteiger partial charge in [0.1, 0.15) is 5.82 Å². The molecule has 0 radical (unpaired) electrons. The molecule has 0 aliphatic carbocycles. The molecule has 0 aromatic carbocycles. The summed E-state index contributed by atoms with van der Waals surface area (Å²) in [6.45, 7) is 7.57. The van der Waals surface area contributed by atoms with E-state index >= 15 is 0 Å². The lowest BCUT2D eigenvalue weighted by Crippen LogP contribution is -2.47. The number of piperazine rings is 1. The fourth-order valence-corrected chi connectivity index (χ4v) is 2.83. The van der Waals surface area contributed by atoms with E-state index in [1.165, 1.54) is 0 Å². The van der Waals surface area contributed by atoms with Gasteiger partial charge in [0.2, 0.25) is 11.9 Å². The summed E-state index contributed by atoms with van der Waals surface area (Å²) in [6.07, 6.45) is 5.86. The Morgan fingerprint density at radius 3 is 2.36 bits per heavy atom. The molecule has 0 atom stereocenters. The van der Waals surface area contributed by atoms with E-state index < -0.39 is 0 Å². The van der Waals surface area contributed by atoms with Crippen LogP contribution in [0.3, 0.4) is 0 Å². The Morgan fingerprint density at radius 2 is 1.76 bits per heavy atom. The molecule has 3 rings (SSSR count). The van der Waals surface area contributed by atoms with Crippen LogP contribution < -0.4 is 15.1 Å². The summed E-state index contributed by atoms with van der Waals surface area (Å²) in [4.78, 5) is 29.2. The molecule has 3 heterocycles. The molecule has 1 fully saturated rings. The van der Waals surface area contributed by atoms with Gasteiger partial charge in [-0.1, -0.05) is 13.8 Å². The Labute approximate surface area is 148 Å². The lowest BCUT2D eigenvalue weighted by Gasteiger charge is -2.35. The molecule has 7 nitrogen and oxygen atoms in total. The summed E-state index contributed by atoms with van der Waals surface area (Å²) in [6, 6.07) is 5.69. The largest absolute Gasteiger partial charge is 0.367 e. The van der Waals surface area contributed by atoms with Crippen molar-refractivity contribution in [2.24, 2.45) is 5.92 Å². The van der Waals surface area contributed by atoms with E-state index in [-0.39, 0.29) is 5.91 Å². The summed E-state index contributed by atoms with van der Waals surface area (Å²) in [5.41, 5.74) is 1.07. The first-order chi connectivity index (χ1) is 12.1. The minimum atomic E-state index is 0.00623. The average molecular weight is 340 g/mol. The van der Waals surface area contributed by atoms with E-state index in [1.807, 2.05) is 38.2 Å². The maximum atomic E-state index is 11.8. The minimum Gasteiger partial charge on any atom is -0.367 e. The quantitative estimate of drug-likeness (QED) is 0.899. The predicted octanol–water partition coefficient (Wildman–Crippen LogP) is 2.18. The Balaban J connectivity index is 1.54. The number of hydrogen-bond acceptors (Lipinski definition) is 6. The summed E-state index contributed by atoms with van der Waals surface area (Å²) in [5, 5.41) is 2.84. The number of anilines is 3. The molecule has 25 heavy (non-hydrogen) atoms. The second-order valence-corrected chi connectivity index (χ2v) is 6.57. The van der Waals surface area contributed by atoms with Crippen LogP contribution in [0.5, 0.6) is 0 Å². The standard InChI is InChI=1S/C18H24N6O/c1-14(2)12-17(25)22-16-5-4-15(13-21-16)23-8-10-24(11-9-23)18-19-6-3-7-20-18/h3-7,13-14H,8-12H2,1-2H3,(H,21,22,25). The second kappa shape index (κ2) is 7.92. The van der Waals surface area contributed by atoms with Crippen molar-refractivity contribution >= 4 is 23.4 Å². The van der Waals surface area contributed by atoms with Crippen molar-refractivity contribution < 1.29 is 4.79 Å². The molecule has 7 heteroatoms. The Bertz CT molecular complexity index is 680. The third kappa shape index (κ3) is 4.65. The number of aromatic nitrogens is 3. The number of nitrogens with zero attached hydrogens (tertiary/aromatic N) is 5. The lowest BCUT2D eigenvalue weighted by atomic mass is 10.1. The van der Waals surface area contributed by atoms with Crippen LogP contribution in [0.2, 0.25) is 0 Å². The minimum absolute atomic E-state index is 0.00623. The van der Waals surface area contributed by atoms with Crippen LogP contribution in [0.1, 0.15) is 20.3 Å². The van der Waals surface area contributed by atoms with E-state index in [9.17, 15) is 4.79 Å². The number of hydrogen-bond donors (Lipinski definition) is 1. The average Bonchev–Trinajstić information content (AvgIpc) is 2.62. The van der Waals surface area contributed by atoms with Crippen LogP contribution in [-0.2, 0) is 4.79 Å². The molecular weight excluding hydrogens is 316 g/mol. The zero-order chi connectivity index (χ0) is 17.6. The van der Waals surface area contributed by atoms with Gasteiger partial charge >= 0.3 is 0 Å². The van der Waals surface area contributed by atoms with Crippen LogP contribution >= 0.6 is 0 Å². The van der Waals surface area contributed by atoms with Crippen molar-refractivity contribution in [3.05, 3.63) is 36.8 Å². The van der Waals surface area contributed by atoms with Gasteiger partial charge in [-0.05, 0) is 24.1 Å². The third-order valence-electron chi connectivity index (χ3n) is 4.09. The highest BCUT2D eigenvalue weighted by Crippen LogP contribution is 2.19. The SMILES string of the molecule is CC(C)CC(=O)Nc1ccc(N2CCN(c3ncccn3)CC2)cn1. The number of carbonyl (C=O) groups excluding carboxylic acids is 1. The molecule has 1 N–H and O–H groups in total. The zero-order valence-electron chi connectivity index (χ0n) is 14.7. The van der Waals surface area contributed by atoms with Crippen molar-refractivity contribution in [2.75, 3.05) is 41.3 Å². The number of pyridine rings is 1. The highest BCUT2D eigenvalue weighted by atomic mass is 16.1. The predicted molar refractivity (Wildman–Crippen MR) is 98.8 cm³/mol. The molecule has 0 spiro atoms. The van der Waals surface area contributed by atoms with Crippen molar-refractivity contribution in [1.82, 2.24) is 15.0 Å². The molecule has 0 unspecified atom stereocenters. The maximum Gasteiger partial charge on any atom is 0.225 e. The monoisotopic (exact) mass is 340 g/mol. The molecule has 0 bridgehead atoms. The summed E-state index contributed by atoms with van der Waals surface area (Å²) < 4.78 is 0. The van der Waals surface area contributed by atoms with Gasteiger partial charge in [0.25, 0.3) is 0 Å². The number of carbonyl (C=O) groups is 1. The van der Waals surface area contributed by atoms with Gasteiger partial charge in [0.05, 0.1) is 11.9 Å². The lowest BCUT2D eigenvalue weighted by molar-refractivity contribution is -0.116. The molecule has 132 valence electrons. The smallest absolute Gasteiger partial charge is 0.225 e. The van der Waals surface area contributed by atoms with Gasteiger partial charge in [-0.2, -0.15) is 0 Å². The van der Waals surface area contributed by atoms with E-state index in [2.05, 4.69) is 30.1 Å². The highest BCUT2D eigenvalue weighted by Gasteiger charge is 2.19. The van der Waals surface area contributed by atoms with Crippen LogP contribution in [-0.4, -0.2) is 47.0 Å². The zero-order valence-corrected chi connectivity index (χ0v) is 14.7. The number of rotatable bonds is 5. The van der Waals surface area contributed by atoms with E-state index in [0.29, 0.717) is 18.2 Å². The number of nitrogens with one attached hydrogen (secondary N) is 1. The van der Waals surface area contributed by atoms with Gasteiger partial charge < -0.3 is 15.1 Å². The summed E-state index contributed by atoms with van der Waals surface area (Å²) >= 11 is 0. The van der Waals surface area contributed by atoms with Crippen LogP contribution in [0.4, 0.5) is 17.5 Å². The first-order valence-corrected chi connectivity index (χ1v) is 8.64. The van der Waals surface area contributed by atoms with Crippen LogP contribution in [0, 0.1) is 5.92 Å². The molecule has 0 saturated carbocycles. The fraction of sp³-hybridized carbons (Fsp3) is 0.444. The van der Waals surface area contributed by atoms with Crippen LogP contribution in [0.15, 0.2) is 36.8 Å². The normalized spacial score (nSPS) is 14.7. The molecule has 1 aliphatic heterocycles. The van der Waals surface area contributed by atoms with Crippen LogP contribution in [0.25, 0.3) is 0 Å². The van der Waals surface area contributed by atoms with Gasteiger partial charge in [-0.15, -0.1) is 0 Å². The van der Waals surface area contributed by atoms with E-state index in [0.717, 1.165) is 37.8 Å². The molecule has 1 aliphatic rings. The summed E-state index contributed by atoms with van der Waals surface area (Å²) in [5.74, 6) is 1.73. The maximum absolute atomic E-state index is 11.8. The Hall–Kier alpha value is -2.70. The van der Waals surface area contributed by atoms with Gasteiger partial charge in [-0.25, -0.2) is 15.0 Å². The van der Waals surface area contributed by atoms with Crippen molar-refractivity contribution in [3.8, 4) is 0 Å². The molecular formula is C18H24N6O.